The molecule has 0 radical (unpaired) electrons. The van der Waals surface area contributed by atoms with E-state index in [0.29, 0.717) is 17.4 Å². The monoisotopic (exact) mass is 751 g/mol. The Kier molecular flexibility index (Phi) is 33.7. The lowest BCUT2D eigenvalue weighted by Gasteiger charge is -2.29. The molecule has 3 unspecified atom stereocenters. The molecule has 0 aliphatic heterocycles. The molecule has 302 valence electrons. The van der Waals surface area contributed by atoms with Crippen LogP contribution in [0.25, 0.3) is 0 Å². The fourth-order valence-corrected chi connectivity index (χ4v) is 6.16. The molecule has 0 aromatic rings. The normalized spacial score (nSPS) is 15.1. The van der Waals surface area contributed by atoms with Crippen LogP contribution in [-0.4, -0.2) is 68.5 Å². The molecule has 1 amide bonds. The predicted molar refractivity (Wildman–Crippen MR) is 219 cm³/mol. The minimum absolute atomic E-state index is 0.00572. The number of hydrogen-bond donors (Lipinski definition) is 2. The number of carbonyl (C=O) groups is 1. The molecule has 0 rings (SSSR count). The lowest BCUT2D eigenvalue weighted by atomic mass is 10.1. The molecular weight excluding hydrogens is 671 g/mol. The van der Waals surface area contributed by atoms with Crippen LogP contribution in [0.5, 0.6) is 0 Å². The van der Waals surface area contributed by atoms with Gasteiger partial charge in [0, 0.05) is 6.42 Å². The van der Waals surface area contributed by atoms with Crippen molar-refractivity contribution >= 4 is 13.7 Å². The maximum absolute atomic E-state index is 12.8. The van der Waals surface area contributed by atoms with Crippen LogP contribution in [0.2, 0.25) is 0 Å². The fourth-order valence-electron chi connectivity index (χ4n) is 5.43. The van der Waals surface area contributed by atoms with Gasteiger partial charge in [-0.15, -0.1) is 0 Å². The van der Waals surface area contributed by atoms with Gasteiger partial charge in [-0.2, -0.15) is 0 Å². The van der Waals surface area contributed by atoms with Crippen molar-refractivity contribution in [2.45, 2.75) is 167 Å². The molecule has 0 aliphatic carbocycles. The highest BCUT2D eigenvalue weighted by Crippen LogP contribution is 2.38. The van der Waals surface area contributed by atoms with E-state index < -0.39 is 20.0 Å². The first-order valence-corrected chi connectivity index (χ1v) is 22.1. The molecule has 2 N–H and O–H groups in total. The van der Waals surface area contributed by atoms with Crippen molar-refractivity contribution in [1.29, 1.82) is 0 Å². The molecule has 0 saturated heterocycles. The number of nitrogens with zero attached hydrogens (tertiary/aromatic N) is 1. The van der Waals surface area contributed by atoms with Gasteiger partial charge in [0.25, 0.3) is 7.82 Å². The largest absolute Gasteiger partial charge is 0.756 e. The van der Waals surface area contributed by atoms with Gasteiger partial charge >= 0.3 is 0 Å². The Morgan fingerprint density at radius 3 is 1.71 bits per heavy atom. The van der Waals surface area contributed by atoms with E-state index >= 15 is 0 Å². The van der Waals surface area contributed by atoms with Crippen molar-refractivity contribution in [2.75, 3.05) is 40.9 Å². The van der Waals surface area contributed by atoms with Gasteiger partial charge in [0.2, 0.25) is 5.91 Å². The van der Waals surface area contributed by atoms with Gasteiger partial charge in [-0.05, 0) is 57.8 Å². The van der Waals surface area contributed by atoms with Crippen LogP contribution in [0.1, 0.15) is 155 Å². The molecule has 0 spiro atoms. The van der Waals surface area contributed by atoms with Gasteiger partial charge in [-0.1, -0.05) is 152 Å². The molecule has 0 aromatic carbocycles. The van der Waals surface area contributed by atoms with Gasteiger partial charge in [-0.3, -0.25) is 9.36 Å². The highest BCUT2D eigenvalue weighted by molar-refractivity contribution is 7.45. The number of rotatable bonds is 36. The Morgan fingerprint density at radius 2 is 1.17 bits per heavy atom. The van der Waals surface area contributed by atoms with Gasteiger partial charge in [0.05, 0.1) is 39.9 Å². The van der Waals surface area contributed by atoms with Crippen molar-refractivity contribution in [2.24, 2.45) is 0 Å². The molecule has 52 heavy (non-hydrogen) atoms. The summed E-state index contributed by atoms with van der Waals surface area (Å²) in [7, 11) is 1.24. The first-order valence-electron chi connectivity index (χ1n) is 20.7. The third kappa shape index (κ3) is 36.6. The van der Waals surface area contributed by atoms with E-state index in [9.17, 15) is 19.4 Å². The van der Waals surface area contributed by atoms with Gasteiger partial charge in [0.15, 0.2) is 0 Å². The van der Waals surface area contributed by atoms with E-state index in [-0.39, 0.29) is 19.1 Å². The maximum Gasteiger partial charge on any atom is 0.268 e. The van der Waals surface area contributed by atoms with Gasteiger partial charge in [0.1, 0.15) is 13.2 Å². The van der Waals surface area contributed by atoms with E-state index in [1.54, 1.807) is 6.08 Å². The minimum Gasteiger partial charge on any atom is -0.756 e. The lowest BCUT2D eigenvalue weighted by Crippen LogP contribution is -2.45. The highest BCUT2D eigenvalue weighted by atomic mass is 31.2. The third-order valence-electron chi connectivity index (χ3n) is 8.73. The average Bonchev–Trinajstić information content (AvgIpc) is 3.09. The summed E-state index contributed by atoms with van der Waals surface area (Å²) in [5.74, 6) is -0.212. The summed E-state index contributed by atoms with van der Waals surface area (Å²) in [6.07, 6.45) is 44.1. The molecule has 9 heteroatoms. The number of aliphatic hydroxyl groups is 1. The number of aliphatic hydroxyl groups excluding tert-OH is 1. The summed E-state index contributed by atoms with van der Waals surface area (Å²) in [5, 5.41) is 13.7. The van der Waals surface area contributed by atoms with Crippen molar-refractivity contribution in [1.82, 2.24) is 5.32 Å². The van der Waals surface area contributed by atoms with Crippen LogP contribution in [0.3, 0.4) is 0 Å². The Morgan fingerprint density at radius 1 is 0.692 bits per heavy atom. The van der Waals surface area contributed by atoms with Crippen LogP contribution in [0.4, 0.5) is 0 Å². The maximum atomic E-state index is 12.8. The Bertz CT molecular complexity index is 1030. The number of hydrogen-bond acceptors (Lipinski definition) is 6. The summed E-state index contributed by atoms with van der Waals surface area (Å²) in [4.78, 5) is 25.2. The number of carbonyl (C=O) groups excluding carboxylic acids is 1. The van der Waals surface area contributed by atoms with Gasteiger partial charge in [-0.25, -0.2) is 0 Å². The fraction of sp³-hybridized carbons (Fsp3) is 0.744. The molecular formula is C43H79N2O6P. The van der Waals surface area contributed by atoms with Crippen LogP contribution < -0.4 is 10.2 Å². The molecule has 8 nitrogen and oxygen atoms in total. The van der Waals surface area contributed by atoms with Crippen molar-refractivity contribution in [3.63, 3.8) is 0 Å². The first kappa shape index (κ1) is 50.2. The smallest absolute Gasteiger partial charge is 0.268 e. The van der Waals surface area contributed by atoms with Crippen molar-refractivity contribution in [3.05, 3.63) is 60.8 Å². The average molecular weight is 751 g/mol. The number of quaternary nitrogens is 1. The van der Waals surface area contributed by atoms with Gasteiger partial charge < -0.3 is 28.8 Å². The molecule has 0 fully saturated rings. The summed E-state index contributed by atoms with van der Waals surface area (Å²) in [5.41, 5.74) is 0. The summed E-state index contributed by atoms with van der Waals surface area (Å²) < 4.78 is 23.1. The summed E-state index contributed by atoms with van der Waals surface area (Å²) >= 11 is 0. The van der Waals surface area contributed by atoms with Crippen LogP contribution in [-0.2, 0) is 18.4 Å². The predicted octanol–water partition coefficient (Wildman–Crippen LogP) is 10.4. The molecule has 3 atom stereocenters. The van der Waals surface area contributed by atoms with E-state index in [4.69, 9.17) is 9.05 Å². The molecule has 0 aromatic heterocycles. The zero-order valence-electron chi connectivity index (χ0n) is 34.0. The Hall–Kier alpha value is -1.80. The minimum atomic E-state index is -4.58. The van der Waals surface area contributed by atoms with Crippen LogP contribution in [0, 0.1) is 0 Å². The highest BCUT2D eigenvalue weighted by Gasteiger charge is 2.23. The Labute approximate surface area is 320 Å². The number of nitrogens with one attached hydrogen (secondary N) is 1. The molecule has 0 saturated carbocycles. The number of likely N-dealkylation sites (N-methyl/N-ethyl adjacent to an activating group) is 1. The lowest BCUT2D eigenvalue weighted by molar-refractivity contribution is -0.870. The summed E-state index contributed by atoms with van der Waals surface area (Å²) in [6.45, 7) is 4.47. The number of phosphoric ester groups is 1. The van der Waals surface area contributed by atoms with Crippen molar-refractivity contribution in [3.8, 4) is 0 Å². The third-order valence-corrected chi connectivity index (χ3v) is 9.70. The van der Waals surface area contributed by atoms with Crippen LogP contribution in [0.15, 0.2) is 60.8 Å². The summed E-state index contributed by atoms with van der Waals surface area (Å²) in [6, 6.07) is -0.890. The Balaban J connectivity index is 4.35. The molecule has 0 bridgehead atoms. The van der Waals surface area contributed by atoms with E-state index in [0.717, 1.165) is 77.0 Å². The van der Waals surface area contributed by atoms with Crippen LogP contribution >= 0.6 is 7.82 Å². The quantitative estimate of drug-likeness (QED) is 0.0286. The number of amides is 1. The zero-order valence-corrected chi connectivity index (χ0v) is 34.9. The second-order valence-electron chi connectivity index (χ2n) is 15.0. The number of allylic oxidation sites excluding steroid dienone is 9. The molecule has 0 aliphatic rings. The van der Waals surface area contributed by atoms with Crippen molar-refractivity contribution < 1.29 is 32.9 Å². The van der Waals surface area contributed by atoms with E-state index in [2.05, 4.69) is 67.8 Å². The second kappa shape index (κ2) is 34.9. The molecule has 0 heterocycles. The van der Waals surface area contributed by atoms with E-state index in [1.165, 1.54) is 57.8 Å². The van der Waals surface area contributed by atoms with E-state index in [1.807, 2.05) is 27.2 Å². The first-order chi connectivity index (χ1) is 25.0. The standard InChI is InChI=1S/C43H79N2O6P/c1-6-8-10-12-14-16-17-18-19-20-21-22-23-24-25-26-27-29-31-33-35-37-43(47)44-41(40-51-52(48,49)50-39-38-45(3,4)5)42(46)36-34-32-30-28-15-13-11-9-7-2/h8,10,14,16,18-19,21-22,34,36,41-42,46H,6-7,9,11-13,15,17,20,23-33,35,37-40H2,1-5H3,(H-,44,47,48,49)/b10-8-,16-14-,19-18-,22-21-,36-34+. The second-order valence-corrected chi connectivity index (χ2v) is 16.4. The SMILES string of the molecule is CC/C=C\C/C=C\C/C=C\C/C=C\CCCCCCCCCCC(=O)NC(COP(=O)([O-])OCC[N+](C)(C)C)C(O)/C=C/CCCCCCCCC. The zero-order chi connectivity index (χ0) is 38.6. The number of unbranched alkanes of at least 4 members (excludes halogenated alkanes) is 15. The number of phosphoric acid groups is 1. The topological polar surface area (TPSA) is 108 Å².